The minimum atomic E-state index is -0.119. The standard InChI is InChI=1S/C14H21O3/c1-10(2)8-16-13-7-5-6-12(15)14(13)17-9-11(3)4/h5-7,10-11H,8-9H2,1-4H3. The summed E-state index contributed by atoms with van der Waals surface area (Å²) in [6.45, 7) is 9.33. The van der Waals surface area contributed by atoms with E-state index in [9.17, 15) is 5.11 Å². The summed E-state index contributed by atoms with van der Waals surface area (Å²) in [6.07, 6.45) is 0. The predicted octanol–water partition coefficient (Wildman–Crippen LogP) is 3.90. The summed E-state index contributed by atoms with van der Waals surface area (Å²) in [5, 5.41) is 11.7. The van der Waals surface area contributed by atoms with Crippen molar-refractivity contribution in [1.29, 1.82) is 0 Å². The summed E-state index contributed by atoms with van der Waals surface area (Å²) in [4.78, 5) is 0. The van der Waals surface area contributed by atoms with Gasteiger partial charge in [0.25, 0.3) is 0 Å². The van der Waals surface area contributed by atoms with Gasteiger partial charge >= 0.3 is 0 Å². The van der Waals surface area contributed by atoms with Crippen LogP contribution in [-0.4, -0.2) is 13.2 Å². The Balaban J connectivity index is 2.76. The van der Waals surface area contributed by atoms with E-state index >= 15 is 0 Å². The fourth-order valence-electron chi connectivity index (χ4n) is 1.26. The fraction of sp³-hybridized carbons (Fsp3) is 0.571. The monoisotopic (exact) mass is 237 g/mol. The van der Waals surface area contributed by atoms with Crippen LogP contribution in [0.2, 0.25) is 0 Å². The van der Waals surface area contributed by atoms with Gasteiger partial charge in [-0.05, 0) is 24.0 Å². The normalized spacial score (nSPS) is 10.9. The third-order valence-corrected chi connectivity index (χ3v) is 2.08. The molecule has 0 amide bonds. The van der Waals surface area contributed by atoms with Gasteiger partial charge in [0.15, 0.2) is 5.75 Å². The molecule has 1 rings (SSSR count). The van der Waals surface area contributed by atoms with Crippen molar-refractivity contribution < 1.29 is 14.6 Å². The lowest BCUT2D eigenvalue weighted by molar-refractivity contribution is 0.214. The highest BCUT2D eigenvalue weighted by molar-refractivity contribution is 5.50. The first-order valence-electron chi connectivity index (χ1n) is 6.06. The topological polar surface area (TPSA) is 38.4 Å². The van der Waals surface area contributed by atoms with Crippen LogP contribution in [0.15, 0.2) is 18.2 Å². The molecule has 0 saturated heterocycles. The van der Waals surface area contributed by atoms with E-state index in [0.717, 1.165) is 0 Å². The molecule has 1 aromatic rings. The zero-order valence-corrected chi connectivity index (χ0v) is 11.0. The molecule has 1 aromatic carbocycles. The summed E-state index contributed by atoms with van der Waals surface area (Å²) in [5.41, 5.74) is 0. The predicted molar refractivity (Wildman–Crippen MR) is 67.2 cm³/mol. The van der Waals surface area contributed by atoms with Crippen LogP contribution in [0.1, 0.15) is 27.7 Å². The molecule has 0 aliphatic carbocycles. The average Bonchev–Trinajstić information content (AvgIpc) is 2.24. The Hall–Kier alpha value is -1.38. The third kappa shape index (κ3) is 4.55. The van der Waals surface area contributed by atoms with E-state index in [4.69, 9.17) is 9.47 Å². The Morgan fingerprint density at radius 3 is 2.18 bits per heavy atom. The highest BCUT2D eigenvalue weighted by Gasteiger charge is 2.13. The molecule has 0 aliphatic rings. The fourth-order valence-corrected chi connectivity index (χ4v) is 1.26. The van der Waals surface area contributed by atoms with E-state index in [2.05, 4.69) is 13.8 Å². The van der Waals surface area contributed by atoms with Gasteiger partial charge in [0.05, 0.1) is 13.2 Å². The quantitative estimate of drug-likeness (QED) is 0.752. The first kappa shape index (κ1) is 13.7. The van der Waals surface area contributed by atoms with Crippen LogP contribution in [0, 0.1) is 11.8 Å². The smallest absolute Gasteiger partial charge is 0.224 e. The molecule has 0 saturated carbocycles. The number of rotatable bonds is 6. The van der Waals surface area contributed by atoms with Gasteiger partial charge in [0, 0.05) is 0 Å². The average molecular weight is 237 g/mol. The molecule has 0 aromatic heterocycles. The largest absolute Gasteiger partial charge is 0.489 e. The molecule has 3 heteroatoms. The number of hydrogen-bond acceptors (Lipinski definition) is 2. The number of hydrogen-bond donors (Lipinski definition) is 0. The Kier molecular flexibility index (Phi) is 5.13. The van der Waals surface area contributed by atoms with E-state index in [1.54, 1.807) is 12.1 Å². The second-order valence-electron chi connectivity index (χ2n) is 4.99. The maximum absolute atomic E-state index is 11.7. The molecular formula is C14H21O3. The van der Waals surface area contributed by atoms with Crippen molar-refractivity contribution in [3.63, 3.8) is 0 Å². The molecular weight excluding hydrogens is 216 g/mol. The van der Waals surface area contributed by atoms with Gasteiger partial charge in [-0.15, -0.1) is 0 Å². The minimum Gasteiger partial charge on any atom is -0.489 e. The van der Waals surface area contributed by atoms with Gasteiger partial charge in [-0.2, -0.15) is 0 Å². The summed E-state index contributed by atoms with van der Waals surface area (Å²) in [5.74, 6) is 1.57. The first-order valence-corrected chi connectivity index (χ1v) is 6.06. The number of para-hydroxylation sites is 1. The van der Waals surface area contributed by atoms with E-state index in [0.29, 0.717) is 36.5 Å². The molecule has 17 heavy (non-hydrogen) atoms. The zero-order chi connectivity index (χ0) is 12.8. The summed E-state index contributed by atoms with van der Waals surface area (Å²) < 4.78 is 11.1. The summed E-state index contributed by atoms with van der Waals surface area (Å²) in [7, 11) is 0. The van der Waals surface area contributed by atoms with Crippen LogP contribution in [0.4, 0.5) is 0 Å². The highest BCUT2D eigenvalue weighted by Crippen LogP contribution is 2.37. The lowest BCUT2D eigenvalue weighted by Crippen LogP contribution is -2.08. The van der Waals surface area contributed by atoms with Gasteiger partial charge in [-0.1, -0.05) is 33.8 Å². The maximum Gasteiger partial charge on any atom is 0.224 e. The van der Waals surface area contributed by atoms with E-state index in [-0.39, 0.29) is 5.75 Å². The molecule has 0 heterocycles. The number of ether oxygens (including phenoxy) is 2. The van der Waals surface area contributed by atoms with Crippen LogP contribution in [0.25, 0.3) is 0 Å². The molecule has 0 aliphatic heterocycles. The second-order valence-corrected chi connectivity index (χ2v) is 4.99. The Morgan fingerprint density at radius 1 is 1.00 bits per heavy atom. The maximum atomic E-state index is 11.7. The van der Waals surface area contributed by atoms with Gasteiger partial charge in [0.2, 0.25) is 11.5 Å². The van der Waals surface area contributed by atoms with Crippen molar-refractivity contribution in [1.82, 2.24) is 0 Å². The lowest BCUT2D eigenvalue weighted by Gasteiger charge is -2.15. The van der Waals surface area contributed by atoms with E-state index in [1.807, 2.05) is 13.8 Å². The minimum absolute atomic E-state index is 0.119. The molecule has 3 nitrogen and oxygen atoms in total. The summed E-state index contributed by atoms with van der Waals surface area (Å²) in [6, 6.07) is 4.97. The van der Waals surface area contributed by atoms with Crippen LogP contribution in [-0.2, 0) is 5.11 Å². The van der Waals surface area contributed by atoms with Gasteiger partial charge in [-0.3, -0.25) is 5.11 Å². The Bertz CT molecular complexity index is 345. The van der Waals surface area contributed by atoms with E-state index in [1.165, 1.54) is 6.07 Å². The third-order valence-electron chi connectivity index (χ3n) is 2.08. The lowest BCUT2D eigenvalue weighted by atomic mass is 10.2. The molecule has 0 N–H and O–H groups in total. The molecule has 0 fully saturated rings. The molecule has 0 bridgehead atoms. The second kappa shape index (κ2) is 6.38. The van der Waals surface area contributed by atoms with Gasteiger partial charge in [-0.25, -0.2) is 0 Å². The molecule has 1 radical (unpaired) electrons. The van der Waals surface area contributed by atoms with Crippen molar-refractivity contribution in [3.05, 3.63) is 18.2 Å². The van der Waals surface area contributed by atoms with Crippen LogP contribution < -0.4 is 9.47 Å². The Morgan fingerprint density at radius 2 is 1.59 bits per heavy atom. The molecule has 0 unspecified atom stereocenters. The van der Waals surface area contributed by atoms with Crippen LogP contribution >= 0.6 is 0 Å². The number of benzene rings is 1. The summed E-state index contributed by atoms with van der Waals surface area (Å²) >= 11 is 0. The molecule has 0 atom stereocenters. The first-order chi connectivity index (χ1) is 8.00. The van der Waals surface area contributed by atoms with Crippen LogP contribution in [0.3, 0.4) is 0 Å². The SMILES string of the molecule is CC(C)COc1cccc([O])c1OCC(C)C. The zero-order valence-electron chi connectivity index (χ0n) is 11.0. The van der Waals surface area contributed by atoms with Crippen LogP contribution in [0.5, 0.6) is 17.2 Å². The molecule has 95 valence electrons. The highest BCUT2D eigenvalue weighted by atomic mass is 16.5. The van der Waals surface area contributed by atoms with Crippen molar-refractivity contribution in [2.75, 3.05) is 13.2 Å². The van der Waals surface area contributed by atoms with Gasteiger partial charge < -0.3 is 9.47 Å². The van der Waals surface area contributed by atoms with E-state index < -0.39 is 0 Å². The van der Waals surface area contributed by atoms with Gasteiger partial charge in [0.1, 0.15) is 0 Å². The molecule has 0 spiro atoms. The van der Waals surface area contributed by atoms with Crippen molar-refractivity contribution in [2.45, 2.75) is 27.7 Å². The van der Waals surface area contributed by atoms with Crippen molar-refractivity contribution >= 4 is 0 Å². The van der Waals surface area contributed by atoms with Crippen molar-refractivity contribution in [3.8, 4) is 17.2 Å². The Labute approximate surface area is 103 Å². The van der Waals surface area contributed by atoms with Crippen molar-refractivity contribution in [2.24, 2.45) is 11.8 Å².